The minimum absolute atomic E-state index is 0.0381. The second kappa shape index (κ2) is 16.7. The van der Waals surface area contributed by atoms with Gasteiger partial charge in [0.2, 0.25) is 6.41 Å². The molecule has 2 heterocycles. The van der Waals surface area contributed by atoms with Crippen LogP contribution < -0.4 is 15.5 Å². The molecule has 196 valence electrons. The molecule has 2 radical (unpaired) electrons. The van der Waals surface area contributed by atoms with Crippen molar-refractivity contribution in [2.24, 2.45) is 5.73 Å². The average molecular weight is 495 g/mol. The molecule has 8 heteroatoms. The molecule has 0 aliphatic heterocycles. The number of rotatable bonds is 5. The molecule has 6 nitrogen and oxygen atoms in total. The largest absolute Gasteiger partial charge is 0.376 e. The van der Waals surface area contributed by atoms with E-state index in [2.05, 4.69) is 4.98 Å². The van der Waals surface area contributed by atoms with Gasteiger partial charge in [-0.2, -0.15) is 0 Å². The molecule has 1 aliphatic rings. The van der Waals surface area contributed by atoms with Crippen LogP contribution in [0.1, 0.15) is 76.2 Å². The van der Waals surface area contributed by atoms with Crippen LogP contribution in [0.4, 0.5) is 15.8 Å². The van der Waals surface area contributed by atoms with Gasteiger partial charge in [-0.1, -0.05) is 71.2 Å². The number of halogens is 1. The Morgan fingerprint density at radius 3 is 2.14 bits per heavy atom. The Labute approximate surface area is 218 Å². The number of nitrogens with two attached hydrogens (primary N) is 1. The van der Waals surface area contributed by atoms with Crippen LogP contribution in [0.2, 0.25) is 0 Å². The zero-order chi connectivity index (χ0) is 27.1. The molecule has 2 aromatic heterocycles. The summed E-state index contributed by atoms with van der Waals surface area (Å²) in [5.74, 6) is -0.314. The Bertz CT molecular complexity index is 1020. The number of carbonyl (C=O) groups is 1. The molecule has 1 saturated carbocycles. The van der Waals surface area contributed by atoms with Crippen LogP contribution in [0, 0.1) is 5.82 Å². The SMILES string of the molecule is C1CCCCC1.CC.CN(C)c1cc(F)c(CN)cc1N(C)C=O.[B]C(C)c1cccn2ccnc12. The Morgan fingerprint density at radius 1 is 1.08 bits per heavy atom. The zero-order valence-electron chi connectivity index (χ0n) is 22.9. The molecule has 2 N–H and O–H groups in total. The molecule has 0 spiro atoms. The number of hydrogen-bond donors (Lipinski definition) is 1. The van der Waals surface area contributed by atoms with Crippen LogP contribution in [0.25, 0.3) is 5.65 Å². The number of benzene rings is 1. The van der Waals surface area contributed by atoms with Gasteiger partial charge in [-0.05, 0) is 23.8 Å². The van der Waals surface area contributed by atoms with Gasteiger partial charge in [-0.15, -0.1) is 0 Å². The van der Waals surface area contributed by atoms with E-state index in [9.17, 15) is 9.18 Å². The first-order valence-corrected chi connectivity index (χ1v) is 12.8. The molecule has 0 bridgehead atoms. The number of anilines is 2. The maximum absolute atomic E-state index is 13.5. The fourth-order valence-corrected chi connectivity index (χ4v) is 3.84. The molecular formula is C28H43BFN5O. The highest BCUT2D eigenvalue weighted by Crippen LogP contribution is 2.29. The van der Waals surface area contributed by atoms with Crippen molar-refractivity contribution in [3.63, 3.8) is 0 Å². The highest BCUT2D eigenvalue weighted by atomic mass is 19.1. The summed E-state index contributed by atoms with van der Waals surface area (Å²) >= 11 is 0. The smallest absolute Gasteiger partial charge is 0.213 e. The summed E-state index contributed by atoms with van der Waals surface area (Å²) in [6, 6.07) is 6.97. The van der Waals surface area contributed by atoms with Gasteiger partial charge < -0.3 is 19.9 Å². The van der Waals surface area contributed by atoms with Gasteiger partial charge in [0.15, 0.2) is 0 Å². The van der Waals surface area contributed by atoms with Crippen molar-refractivity contribution in [2.75, 3.05) is 30.9 Å². The standard InChI is InChI=1S/C11H16FN3O.C9H9BN2.C6H12.C2H6/c1-14(2)10-5-9(12)8(6-13)4-11(10)15(3)7-16;1-7(10)8-3-2-5-12-6-4-11-9(8)12;1-2-4-6-5-3-1;1-2/h4-5,7H,6,13H2,1-3H3;2-7H,1H3;1-6H2;1-2H3. The molecule has 1 aliphatic carbocycles. The van der Waals surface area contributed by atoms with Crippen molar-refractivity contribution in [1.82, 2.24) is 9.38 Å². The van der Waals surface area contributed by atoms with Crippen LogP contribution in [0.3, 0.4) is 0 Å². The van der Waals surface area contributed by atoms with Crippen molar-refractivity contribution >= 4 is 31.3 Å². The lowest BCUT2D eigenvalue weighted by molar-refractivity contribution is -0.107. The third kappa shape index (κ3) is 9.30. The number of fused-ring (bicyclic) bond motifs is 1. The second-order valence-corrected chi connectivity index (χ2v) is 8.78. The summed E-state index contributed by atoms with van der Waals surface area (Å²) in [6.07, 6.45) is 15.3. The van der Waals surface area contributed by atoms with Gasteiger partial charge in [0.25, 0.3) is 0 Å². The summed E-state index contributed by atoms with van der Waals surface area (Å²) in [6.45, 7) is 6.07. The lowest BCUT2D eigenvalue weighted by atomic mass is 9.83. The maximum Gasteiger partial charge on any atom is 0.213 e. The van der Waals surface area contributed by atoms with E-state index in [4.69, 9.17) is 13.6 Å². The first-order chi connectivity index (χ1) is 17.3. The number of pyridine rings is 1. The molecule has 1 amide bonds. The number of amides is 1. The van der Waals surface area contributed by atoms with E-state index in [1.165, 1.54) is 49.5 Å². The summed E-state index contributed by atoms with van der Waals surface area (Å²) in [4.78, 5) is 18.1. The van der Waals surface area contributed by atoms with Gasteiger partial charge >= 0.3 is 0 Å². The molecule has 1 atom stereocenters. The highest BCUT2D eigenvalue weighted by molar-refractivity contribution is 6.12. The molecule has 0 saturated heterocycles. The Kier molecular flexibility index (Phi) is 14.5. The van der Waals surface area contributed by atoms with Gasteiger partial charge in [0.05, 0.1) is 19.2 Å². The fraction of sp³-hybridized carbons (Fsp3) is 0.500. The van der Waals surface area contributed by atoms with Crippen LogP contribution in [-0.2, 0) is 11.3 Å². The fourth-order valence-electron chi connectivity index (χ4n) is 3.84. The van der Waals surface area contributed by atoms with Crippen molar-refractivity contribution in [3.05, 3.63) is 59.8 Å². The summed E-state index contributed by atoms with van der Waals surface area (Å²) in [5.41, 5.74) is 9.14. The third-order valence-corrected chi connectivity index (χ3v) is 5.82. The summed E-state index contributed by atoms with van der Waals surface area (Å²) in [5, 5.41) is 0. The van der Waals surface area contributed by atoms with Crippen molar-refractivity contribution in [2.45, 2.75) is 71.7 Å². The predicted octanol–water partition coefficient (Wildman–Crippen LogP) is 5.87. The minimum atomic E-state index is -0.353. The number of imidazole rings is 1. The van der Waals surface area contributed by atoms with Crippen LogP contribution in [0.15, 0.2) is 42.9 Å². The lowest BCUT2D eigenvalue weighted by Gasteiger charge is -2.22. The molecule has 1 aromatic carbocycles. The first-order valence-electron chi connectivity index (χ1n) is 12.8. The summed E-state index contributed by atoms with van der Waals surface area (Å²) < 4.78 is 15.5. The molecule has 36 heavy (non-hydrogen) atoms. The van der Waals surface area contributed by atoms with E-state index >= 15 is 0 Å². The molecule has 1 unspecified atom stereocenters. The van der Waals surface area contributed by atoms with E-state index in [0.717, 1.165) is 11.2 Å². The zero-order valence-corrected chi connectivity index (χ0v) is 22.9. The number of aromatic nitrogens is 2. The number of hydrogen-bond acceptors (Lipinski definition) is 4. The van der Waals surface area contributed by atoms with Crippen LogP contribution in [-0.4, -0.2) is 44.8 Å². The molecule has 3 aromatic rings. The first kappa shape index (κ1) is 31.2. The summed E-state index contributed by atoms with van der Waals surface area (Å²) in [7, 11) is 11.0. The van der Waals surface area contributed by atoms with E-state index in [1.54, 1.807) is 38.3 Å². The maximum atomic E-state index is 13.5. The molecule has 4 rings (SSSR count). The number of carbonyl (C=O) groups excluding carboxylic acids is 1. The van der Waals surface area contributed by atoms with Gasteiger partial charge in [-0.3, -0.25) is 4.79 Å². The third-order valence-electron chi connectivity index (χ3n) is 5.82. The van der Waals surface area contributed by atoms with E-state index in [1.807, 2.05) is 49.7 Å². The van der Waals surface area contributed by atoms with Crippen LogP contribution in [0.5, 0.6) is 0 Å². The highest BCUT2D eigenvalue weighted by Gasteiger charge is 2.13. The quantitative estimate of drug-likeness (QED) is 0.355. The van der Waals surface area contributed by atoms with E-state index in [-0.39, 0.29) is 18.2 Å². The van der Waals surface area contributed by atoms with E-state index in [0.29, 0.717) is 23.3 Å². The molecule has 1 fully saturated rings. The predicted molar refractivity (Wildman–Crippen MR) is 151 cm³/mol. The van der Waals surface area contributed by atoms with Gasteiger partial charge in [0, 0.05) is 51.8 Å². The number of nitrogens with zero attached hydrogens (tertiary/aromatic N) is 4. The monoisotopic (exact) mass is 495 g/mol. The topological polar surface area (TPSA) is 66.9 Å². The average Bonchev–Trinajstić information content (AvgIpc) is 3.40. The van der Waals surface area contributed by atoms with Gasteiger partial charge in [0.1, 0.15) is 11.5 Å². The molecular weight excluding hydrogens is 452 g/mol. The Balaban J connectivity index is 0.000000283. The Hall–Kier alpha value is -2.87. The minimum Gasteiger partial charge on any atom is -0.376 e. The normalized spacial score (nSPS) is 13.1. The van der Waals surface area contributed by atoms with Crippen molar-refractivity contribution in [1.29, 1.82) is 0 Å². The van der Waals surface area contributed by atoms with Crippen molar-refractivity contribution in [3.8, 4) is 0 Å². The van der Waals surface area contributed by atoms with Crippen LogP contribution >= 0.6 is 0 Å². The van der Waals surface area contributed by atoms with Gasteiger partial charge in [-0.25, -0.2) is 9.37 Å². The Morgan fingerprint density at radius 2 is 1.67 bits per heavy atom. The second-order valence-electron chi connectivity index (χ2n) is 8.78. The van der Waals surface area contributed by atoms with E-state index < -0.39 is 0 Å². The lowest BCUT2D eigenvalue weighted by Crippen LogP contribution is -2.20. The van der Waals surface area contributed by atoms with Crippen molar-refractivity contribution < 1.29 is 9.18 Å².